The molecule has 3 aromatic carbocycles. The first-order valence-corrected chi connectivity index (χ1v) is 10.6. The van der Waals surface area contributed by atoms with Gasteiger partial charge in [-0.05, 0) is 41.5 Å². The summed E-state index contributed by atoms with van der Waals surface area (Å²) >= 11 is 0. The van der Waals surface area contributed by atoms with Gasteiger partial charge in [0.25, 0.3) is 0 Å². The van der Waals surface area contributed by atoms with Crippen LogP contribution < -0.4 is 5.32 Å². The van der Waals surface area contributed by atoms with Crippen LogP contribution in [0.5, 0.6) is 0 Å². The maximum absolute atomic E-state index is 13.0. The fourth-order valence-corrected chi connectivity index (χ4v) is 3.63. The van der Waals surface area contributed by atoms with Crippen LogP contribution in [0, 0.1) is 11.3 Å². The van der Waals surface area contributed by atoms with Gasteiger partial charge in [-0.15, -0.1) is 0 Å². The van der Waals surface area contributed by atoms with E-state index >= 15 is 0 Å². The fourth-order valence-electron chi connectivity index (χ4n) is 3.63. The number of hydrogen-bond donors (Lipinski definition) is 1. The fraction of sp³-hybridized carbons (Fsp3) is 0.0357. The minimum Gasteiger partial charge on any atom is -0.322 e. The molecular formula is C28H18F3N3O. The normalized spacial score (nSPS) is 12.0. The molecule has 0 spiro atoms. The minimum atomic E-state index is -4.46. The predicted octanol–water partition coefficient (Wildman–Crippen LogP) is 6.75. The first-order valence-electron chi connectivity index (χ1n) is 10.6. The number of anilines is 1. The molecule has 1 amide bonds. The summed E-state index contributed by atoms with van der Waals surface area (Å²) in [6.07, 6.45) is 3.31. The van der Waals surface area contributed by atoms with Crippen LogP contribution in [0.25, 0.3) is 16.3 Å². The Morgan fingerprint density at radius 2 is 1.74 bits per heavy atom. The first-order chi connectivity index (χ1) is 16.9. The number of halogens is 3. The van der Waals surface area contributed by atoms with Crippen LogP contribution in [-0.4, -0.2) is 10.9 Å². The van der Waals surface area contributed by atoms with Crippen LogP contribution >= 0.6 is 0 Å². The van der Waals surface area contributed by atoms with Crippen molar-refractivity contribution in [3.63, 3.8) is 0 Å². The van der Waals surface area contributed by atoms with Crippen molar-refractivity contribution in [2.45, 2.75) is 6.18 Å². The number of alkyl halides is 3. The molecule has 172 valence electrons. The molecule has 0 radical (unpaired) electrons. The number of nitrogens with zero attached hydrogens (tertiary/aromatic N) is 2. The summed E-state index contributed by atoms with van der Waals surface area (Å²) in [5.74, 6) is -0.383. The number of nitriles is 1. The Labute approximate surface area is 199 Å². The van der Waals surface area contributed by atoms with E-state index in [9.17, 15) is 23.2 Å². The molecule has 4 rings (SSSR count). The molecule has 0 saturated heterocycles. The summed E-state index contributed by atoms with van der Waals surface area (Å²) in [7, 11) is 0. The predicted molar refractivity (Wildman–Crippen MR) is 129 cm³/mol. The number of aromatic nitrogens is 1. The molecule has 4 aromatic rings. The quantitative estimate of drug-likeness (QED) is 0.260. The highest BCUT2D eigenvalue weighted by Crippen LogP contribution is 2.32. The van der Waals surface area contributed by atoms with Gasteiger partial charge in [0.2, 0.25) is 5.91 Å². The van der Waals surface area contributed by atoms with Gasteiger partial charge in [-0.25, -0.2) is 0 Å². The molecule has 7 heteroatoms. The number of nitrogens with one attached hydrogen (secondary N) is 1. The van der Waals surface area contributed by atoms with E-state index in [4.69, 9.17) is 0 Å². The van der Waals surface area contributed by atoms with Crippen LogP contribution in [0.15, 0.2) is 103 Å². The zero-order valence-electron chi connectivity index (χ0n) is 18.3. The number of carbonyl (C=O) groups excluding carboxylic acids is 1. The first kappa shape index (κ1) is 23.5. The van der Waals surface area contributed by atoms with Crippen LogP contribution in [0.1, 0.15) is 22.3 Å². The lowest BCUT2D eigenvalue weighted by molar-refractivity contribution is -0.137. The van der Waals surface area contributed by atoms with E-state index in [2.05, 4.69) is 16.4 Å². The number of allylic oxidation sites excluding steroid dienone is 2. The van der Waals surface area contributed by atoms with Gasteiger partial charge >= 0.3 is 6.18 Å². The Hall–Kier alpha value is -4.70. The molecule has 0 saturated carbocycles. The largest absolute Gasteiger partial charge is 0.416 e. The number of benzene rings is 3. The molecule has 1 heterocycles. The third-order valence-electron chi connectivity index (χ3n) is 5.31. The van der Waals surface area contributed by atoms with Crippen molar-refractivity contribution in [1.29, 1.82) is 5.26 Å². The van der Waals surface area contributed by atoms with Crippen molar-refractivity contribution in [3.05, 3.63) is 126 Å². The van der Waals surface area contributed by atoms with Gasteiger partial charge in [0, 0.05) is 40.5 Å². The van der Waals surface area contributed by atoms with Gasteiger partial charge in [-0.2, -0.15) is 18.4 Å². The van der Waals surface area contributed by atoms with E-state index < -0.39 is 11.7 Å². The van der Waals surface area contributed by atoms with Gasteiger partial charge in [-0.3, -0.25) is 9.78 Å². The summed E-state index contributed by atoms with van der Waals surface area (Å²) in [4.78, 5) is 16.6. The average Bonchev–Trinajstić information content (AvgIpc) is 2.86. The summed E-state index contributed by atoms with van der Waals surface area (Å²) < 4.78 is 39.0. The number of hydrogen-bond acceptors (Lipinski definition) is 3. The Morgan fingerprint density at radius 3 is 2.49 bits per heavy atom. The molecule has 0 atom stereocenters. The van der Waals surface area contributed by atoms with Gasteiger partial charge in [0.1, 0.15) is 0 Å². The highest BCUT2D eigenvalue weighted by atomic mass is 19.4. The molecule has 0 aliphatic carbocycles. The molecule has 4 nitrogen and oxygen atoms in total. The minimum absolute atomic E-state index is 0.362. The van der Waals surface area contributed by atoms with Crippen LogP contribution in [0.2, 0.25) is 0 Å². The lowest BCUT2D eigenvalue weighted by Crippen LogP contribution is -2.08. The Morgan fingerprint density at radius 1 is 0.971 bits per heavy atom. The third kappa shape index (κ3) is 5.45. The smallest absolute Gasteiger partial charge is 0.322 e. The number of rotatable bonds is 5. The van der Waals surface area contributed by atoms with Gasteiger partial charge in [-0.1, -0.05) is 54.6 Å². The number of fused-ring (bicyclic) bond motifs is 1. The molecular weight excluding hydrogens is 451 g/mol. The second-order valence-corrected chi connectivity index (χ2v) is 7.56. The van der Waals surface area contributed by atoms with Crippen LogP contribution in [0.4, 0.5) is 18.9 Å². The Balaban J connectivity index is 1.65. The molecule has 0 aliphatic heterocycles. The second kappa shape index (κ2) is 10.1. The van der Waals surface area contributed by atoms with Gasteiger partial charge in [0.15, 0.2) is 0 Å². The maximum Gasteiger partial charge on any atom is 0.416 e. The molecule has 1 N–H and O–H groups in total. The van der Waals surface area contributed by atoms with E-state index in [-0.39, 0.29) is 5.91 Å². The topological polar surface area (TPSA) is 65.8 Å². The summed E-state index contributed by atoms with van der Waals surface area (Å²) in [6, 6.07) is 20.8. The number of carbonyl (C=O) groups is 1. The molecule has 0 unspecified atom stereocenters. The number of amides is 1. The lowest BCUT2D eigenvalue weighted by Gasteiger charge is -2.12. The summed E-state index contributed by atoms with van der Waals surface area (Å²) in [5, 5.41) is 14.1. The van der Waals surface area contributed by atoms with Crippen molar-refractivity contribution >= 4 is 27.9 Å². The van der Waals surface area contributed by atoms with E-state index in [1.165, 1.54) is 24.3 Å². The second-order valence-electron chi connectivity index (χ2n) is 7.56. The lowest BCUT2D eigenvalue weighted by atomic mass is 9.93. The van der Waals surface area contributed by atoms with Crippen molar-refractivity contribution in [3.8, 4) is 6.07 Å². The molecule has 0 fully saturated rings. The van der Waals surface area contributed by atoms with E-state index in [1.54, 1.807) is 54.9 Å². The molecule has 1 aromatic heterocycles. The standard InChI is InChI=1S/C28H18F3N3O/c29-28(30,31)22-13-11-19(12-14-22)23(24-7-2-1-5-20(24)17-32)8-4-10-27(35)34-26-9-3-6-21-18-33-16-15-25(21)26/h1-16,18H,(H,34,35)/b10-4+,23-8-. The van der Waals surface area contributed by atoms with E-state index in [0.29, 0.717) is 28.0 Å². The molecule has 0 aliphatic rings. The van der Waals surface area contributed by atoms with Crippen molar-refractivity contribution < 1.29 is 18.0 Å². The SMILES string of the molecule is N#Cc1ccccc1/C(=C\C=C\C(=O)Nc1cccc2cnccc12)c1ccc(C(F)(F)F)cc1. The Kier molecular flexibility index (Phi) is 6.74. The van der Waals surface area contributed by atoms with Crippen molar-refractivity contribution in [2.24, 2.45) is 0 Å². The van der Waals surface area contributed by atoms with Crippen molar-refractivity contribution in [1.82, 2.24) is 4.98 Å². The highest BCUT2D eigenvalue weighted by Gasteiger charge is 2.30. The third-order valence-corrected chi connectivity index (χ3v) is 5.31. The van der Waals surface area contributed by atoms with E-state index in [0.717, 1.165) is 22.9 Å². The zero-order chi connectivity index (χ0) is 24.8. The number of pyridine rings is 1. The van der Waals surface area contributed by atoms with Crippen LogP contribution in [-0.2, 0) is 11.0 Å². The van der Waals surface area contributed by atoms with E-state index in [1.807, 2.05) is 12.1 Å². The summed E-state index contributed by atoms with van der Waals surface area (Å²) in [6.45, 7) is 0. The zero-order valence-corrected chi connectivity index (χ0v) is 18.3. The van der Waals surface area contributed by atoms with Crippen molar-refractivity contribution in [2.75, 3.05) is 5.32 Å². The molecule has 35 heavy (non-hydrogen) atoms. The Bertz CT molecular complexity index is 1470. The van der Waals surface area contributed by atoms with Gasteiger partial charge < -0.3 is 5.32 Å². The average molecular weight is 469 g/mol. The van der Waals surface area contributed by atoms with Crippen LogP contribution in [0.3, 0.4) is 0 Å². The molecule has 0 bridgehead atoms. The van der Waals surface area contributed by atoms with Gasteiger partial charge in [0.05, 0.1) is 17.2 Å². The monoisotopic (exact) mass is 469 g/mol. The summed E-state index contributed by atoms with van der Waals surface area (Å²) in [5.41, 5.74) is 1.75. The maximum atomic E-state index is 13.0. The highest BCUT2D eigenvalue weighted by molar-refractivity contribution is 6.06.